The van der Waals surface area contributed by atoms with Gasteiger partial charge in [-0.25, -0.2) is 15.0 Å². The van der Waals surface area contributed by atoms with Crippen LogP contribution in [0.3, 0.4) is 0 Å². The lowest BCUT2D eigenvalue weighted by Gasteiger charge is -2.12. The van der Waals surface area contributed by atoms with Crippen LogP contribution >= 0.6 is 11.3 Å². The number of hydrogen-bond donors (Lipinski definition) is 0. The van der Waals surface area contributed by atoms with Crippen LogP contribution in [0, 0.1) is 0 Å². The molecule has 0 N–H and O–H groups in total. The van der Waals surface area contributed by atoms with Crippen LogP contribution in [0.4, 0.5) is 0 Å². The molecule has 15 aromatic rings. The largest absolute Gasteiger partial charge is 0.308 e. The van der Waals surface area contributed by atoms with E-state index < -0.39 is 0 Å². The number of aromatic nitrogens is 5. The van der Waals surface area contributed by atoms with Crippen molar-refractivity contribution in [3.63, 3.8) is 0 Å². The molecule has 0 aliphatic carbocycles. The fourth-order valence-corrected chi connectivity index (χ4v) is 12.6. The van der Waals surface area contributed by atoms with Crippen molar-refractivity contribution in [1.29, 1.82) is 0 Å². The molecule has 0 spiro atoms. The zero-order chi connectivity index (χ0) is 49.4. The van der Waals surface area contributed by atoms with E-state index in [1.807, 2.05) is 23.5 Å². The van der Waals surface area contributed by atoms with E-state index in [-0.39, 0.29) is 0 Å². The van der Waals surface area contributed by atoms with Crippen LogP contribution in [0.25, 0.3) is 143 Å². The van der Waals surface area contributed by atoms with Crippen LogP contribution < -0.4 is 0 Å². The highest BCUT2D eigenvalue weighted by Crippen LogP contribution is 2.47. The standard InChI is InChI=1S/C69H43N5S/c1-4-17-44(18-5-1)47-33-35-53(36-34-47)73-61-31-12-10-29-55(61)57-37-39-59-60-40-38-58-56-30-11-13-32-62(56)74(64(58)66(60)75-65(59)63(57)73)54-28-16-27-52(43-54)69-71-67(50-25-14-23-48(41-50)45-19-6-2-7-20-45)70-68(72-69)51-26-15-24-49(42-51)46-21-8-3-9-22-46/h1-43H. The zero-order valence-electron chi connectivity index (χ0n) is 40.5. The van der Waals surface area contributed by atoms with Gasteiger partial charge >= 0.3 is 0 Å². The quantitative estimate of drug-likeness (QED) is 0.152. The van der Waals surface area contributed by atoms with Gasteiger partial charge in [0.05, 0.1) is 31.5 Å². The Hall–Kier alpha value is -9.75. The molecule has 15 rings (SSSR count). The third-order valence-corrected chi connectivity index (χ3v) is 16.0. The normalized spacial score (nSPS) is 11.7. The second kappa shape index (κ2) is 17.5. The summed E-state index contributed by atoms with van der Waals surface area (Å²) < 4.78 is 7.44. The monoisotopic (exact) mass is 973 g/mol. The highest BCUT2D eigenvalue weighted by atomic mass is 32.1. The van der Waals surface area contributed by atoms with Gasteiger partial charge < -0.3 is 9.13 Å². The first-order chi connectivity index (χ1) is 37.2. The van der Waals surface area contributed by atoms with Crippen LogP contribution in [0.15, 0.2) is 261 Å². The van der Waals surface area contributed by atoms with Gasteiger partial charge in [0.25, 0.3) is 0 Å². The summed E-state index contributed by atoms with van der Waals surface area (Å²) in [5.74, 6) is 1.83. The van der Waals surface area contributed by atoms with E-state index in [0.29, 0.717) is 17.5 Å². The lowest BCUT2D eigenvalue weighted by molar-refractivity contribution is 1.07. The minimum atomic E-state index is 0.604. The Kier molecular flexibility index (Phi) is 10.00. The molecule has 4 heterocycles. The lowest BCUT2D eigenvalue weighted by atomic mass is 10.0. The van der Waals surface area contributed by atoms with Crippen molar-refractivity contribution in [2.24, 2.45) is 0 Å². The third-order valence-electron chi connectivity index (χ3n) is 14.8. The molecule has 0 bridgehead atoms. The molecule has 0 saturated carbocycles. The molecule has 0 amide bonds. The Morgan fingerprint density at radius 3 is 1.09 bits per heavy atom. The van der Waals surface area contributed by atoms with E-state index in [2.05, 4.69) is 258 Å². The van der Waals surface area contributed by atoms with Crippen LogP contribution in [0.1, 0.15) is 0 Å². The van der Waals surface area contributed by atoms with Crippen molar-refractivity contribution in [2.75, 3.05) is 0 Å². The molecule has 5 nitrogen and oxygen atoms in total. The van der Waals surface area contributed by atoms with Crippen molar-refractivity contribution in [3.05, 3.63) is 261 Å². The van der Waals surface area contributed by atoms with Gasteiger partial charge in [0.2, 0.25) is 0 Å². The highest BCUT2D eigenvalue weighted by Gasteiger charge is 2.23. The SMILES string of the molecule is c1ccc(-c2ccc(-n3c4ccccc4c4ccc5c6ccc7c8ccccc8n(-c8cccc(-c9nc(-c%10cccc(-c%11ccccc%11)c%10)nc(-c%10cccc(-c%11ccccc%11)c%10)n9)c8)c7c6sc5c43)cc2)cc1. The maximum absolute atomic E-state index is 5.31. The minimum absolute atomic E-state index is 0.604. The molecule has 0 saturated heterocycles. The van der Waals surface area contributed by atoms with Gasteiger partial charge in [0.1, 0.15) is 0 Å². The van der Waals surface area contributed by atoms with Gasteiger partial charge in [0, 0.05) is 60.4 Å². The molecule has 11 aromatic carbocycles. The predicted molar refractivity (Wildman–Crippen MR) is 314 cm³/mol. The maximum atomic E-state index is 5.31. The van der Waals surface area contributed by atoms with Gasteiger partial charge in [-0.15, -0.1) is 11.3 Å². The summed E-state index contributed by atoms with van der Waals surface area (Å²) in [5, 5.41) is 7.39. The molecule has 0 unspecified atom stereocenters. The van der Waals surface area contributed by atoms with Crippen LogP contribution in [-0.2, 0) is 0 Å². The molecular formula is C69H43N5S. The summed E-state index contributed by atoms with van der Waals surface area (Å²) in [6.45, 7) is 0. The number of rotatable bonds is 8. The second-order valence-corrected chi connectivity index (χ2v) is 20.2. The van der Waals surface area contributed by atoms with E-state index in [4.69, 9.17) is 15.0 Å². The van der Waals surface area contributed by atoms with Crippen molar-refractivity contribution >= 4 is 75.1 Å². The molecule has 6 heteroatoms. The number of nitrogens with zero attached hydrogens (tertiary/aromatic N) is 5. The first-order valence-electron chi connectivity index (χ1n) is 25.3. The van der Waals surface area contributed by atoms with Gasteiger partial charge in [-0.05, 0) is 81.9 Å². The van der Waals surface area contributed by atoms with Gasteiger partial charge in [-0.1, -0.05) is 212 Å². The highest BCUT2D eigenvalue weighted by molar-refractivity contribution is 7.27. The predicted octanol–water partition coefficient (Wildman–Crippen LogP) is 18.4. The topological polar surface area (TPSA) is 48.5 Å². The van der Waals surface area contributed by atoms with E-state index >= 15 is 0 Å². The summed E-state index contributed by atoms with van der Waals surface area (Å²) >= 11 is 1.89. The lowest BCUT2D eigenvalue weighted by Crippen LogP contribution is -2.01. The van der Waals surface area contributed by atoms with E-state index in [1.165, 1.54) is 69.4 Å². The maximum Gasteiger partial charge on any atom is 0.164 e. The molecule has 75 heavy (non-hydrogen) atoms. The number of fused-ring (bicyclic) bond motifs is 11. The smallest absolute Gasteiger partial charge is 0.164 e. The Bertz CT molecular complexity index is 4590. The molecule has 0 aliphatic rings. The summed E-state index contributed by atoms with van der Waals surface area (Å²) in [7, 11) is 0. The summed E-state index contributed by atoms with van der Waals surface area (Å²) in [4.78, 5) is 15.8. The van der Waals surface area contributed by atoms with Gasteiger partial charge in [-0.2, -0.15) is 0 Å². The summed E-state index contributed by atoms with van der Waals surface area (Å²) in [5.41, 5.74) is 16.5. The molecule has 0 radical (unpaired) electrons. The molecule has 0 atom stereocenters. The van der Waals surface area contributed by atoms with E-state index in [1.54, 1.807) is 0 Å². The number of benzene rings is 11. The van der Waals surface area contributed by atoms with E-state index in [9.17, 15) is 0 Å². The molecule has 350 valence electrons. The summed E-state index contributed by atoms with van der Waals surface area (Å²) in [6.07, 6.45) is 0. The number of hydrogen-bond acceptors (Lipinski definition) is 4. The van der Waals surface area contributed by atoms with Crippen molar-refractivity contribution in [1.82, 2.24) is 24.1 Å². The fraction of sp³-hybridized carbons (Fsp3) is 0. The van der Waals surface area contributed by atoms with Crippen LogP contribution in [0.5, 0.6) is 0 Å². The van der Waals surface area contributed by atoms with Gasteiger partial charge in [0.15, 0.2) is 17.5 Å². The third kappa shape index (κ3) is 7.18. The Morgan fingerprint density at radius 2 is 0.600 bits per heavy atom. The molecular weight excluding hydrogens is 931 g/mol. The van der Waals surface area contributed by atoms with Crippen molar-refractivity contribution < 1.29 is 0 Å². The fourth-order valence-electron chi connectivity index (χ4n) is 11.2. The average molecular weight is 974 g/mol. The summed E-state index contributed by atoms with van der Waals surface area (Å²) in [6, 6.07) is 93.2. The van der Waals surface area contributed by atoms with Crippen LogP contribution in [-0.4, -0.2) is 24.1 Å². The number of thiophene rings is 1. The minimum Gasteiger partial charge on any atom is -0.308 e. The second-order valence-electron chi connectivity index (χ2n) is 19.1. The Balaban J connectivity index is 0.928. The zero-order valence-corrected chi connectivity index (χ0v) is 41.3. The number of para-hydroxylation sites is 2. The van der Waals surface area contributed by atoms with E-state index in [0.717, 1.165) is 55.8 Å². The van der Waals surface area contributed by atoms with Crippen LogP contribution in [0.2, 0.25) is 0 Å². The average Bonchev–Trinajstić information content (AvgIpc) is 4.16. The first-order valence-corrected chi connectivity index (χ1v) is 26.2. The Morgan fingerprint density at radius 1 is 0.240 bits per heavy atom. The van der Waals surface area contributed by atoms with Crippen molar-refractivity contribution in [3.8, 4) is 78.9 Å². The molecule has 0 aliphatic heterocycles. The Labute approximate surface area is 436 Å². The molecule has 0 fully saturated rings. The first kappa shape index (κ1) is 42.9. The molecule has 4 aromatic heterocycles. The van der Waals surface area contributed by atoms with Gasteiger partial charge in [-0.3, -0.25) is 0 Å². The van der Waals surface area contributed by atoms with Crippen molar-refractivity contribution in [2.45, 2.75) is 0 Å².